The highest BCUT2D eigenvalue weighted by molar-refractivity contribution is 6.13. The number of methoxy groups -OCH3 is 1. The first-order valence-electron chi connectivity index (χ1n) is 11.3. The van der Waals surface area contributed by atoms with Crippen molar-refractivity contribution in [1.82, 2.24) is 9.97 Å². The molecule has 5 rings (SSSR count). The van der Waals surface area contributed by atoms with Gasteiger partial charge in [-0.15, -0.1) is 0 Å². The summed E-state index contributed by atoms with van der Waals surface area (Å²) in [6, 6.07) is 17.4. The minimum atomic E-state index is -0.375. The summed E-state index contributed by atoms with van der Waals surface area (Å²) in [5.41, 5.74) is 3.87. The third kappa shape index (κ3) is 4.14. The van der Waals surface area contributed by atoms with Crippen LogP contribution >= 0.6 is 0 Å². The van der Waals surface area contributed by atoms with E-state index in [1.54, 1.807) is 47.4 Å². The number of nitrogens with zero attached hydrogens (tertiary/aromatic N) is 2. The van der Waals surface area contributed by atoms with E-state index in [0.717, 1.165) is 11.3 Å². The number of aromatic amines is 1. The Morgan fingerprint density at radius 3 is 2.74 bits per heavy atom. The maximum atomic E-state index is 13.5. The Morgan fingerprint density at radius 1 is 1.09 bits per heavy atom. The molecule has 1 aliphatic rings. The van der Waals surface area contributed by atoms with Crippen LogP contribution in [0, 0.1) is 6.92 Å². The number of anilines is 2. The molecule has 0 spiro atoms. The minimum absolute atomic E-state index is 0.0302. The molecule has 4 aromatic rings. The molecular formula is C27H24N4O4. The zero-order valence-electron chi connectivity index (χ0n) is 19.4. The van der Waals surface area contributed by atoms with E-state index in [-0.39, 0.29) is 23.3 Å². The fourth-order valence-electron chi connectivity index (χ4n) is 4.42. The monoisotopic (exact) mass is 468 g/mol. The van der Waals surface area contributed by atoms with Crippen LogP contribution in [0.25, 0.3) is 11.0 Å². The van der Waals surface area contributed by atoms with Crippen LogP contribution in [-0.4, -0.2) is 41.2 Å². The Morgan fingerprint density at radius 2 is 1.91 bits per heavy atom. The number of amides is 2. The lowest BCUT2D eigenvalue weighted by molar-refractivity contribution is 0.0973. The zero-order chi connectivity index (χ0) is 24.5. The van der Waals surface area contributed by atoms with Crippen molar-refractivity contribution in [3.63, 3.8) is 0 Å². The first kappa shape index (κ1) is 22.3. The van der Waals surface area contributed by atoms with E-state index in [9.17, 15) is 14.4 Å². The molecule has 1 aromatic heterocycles. The smallest absolute Gasteiger partial charge is 0.259 e. The Kier molecular flexibility index (Phi) is 5.78. The standard InChI is InChI=1S/C27H24N4O4/c1-16-28-20-8-5-9-21(25(20)29-16)30-26(33)19-13-12-17(15-24(19)35-2)27(34)31-14-6-11-23(32)18-7-3-4-10-22(18)31/h3-5,7-10,12-13,15H,6,11,14H2,1-2H3,(H,28,29)(H,30,33). The highest BCUT2D eigenvalue weighted by atomic mass is 16.5. The van der Waals surface area contributed by atoms with Gasteiger partial charge in [-0.25, -0.2) is 4.98 Å². The summed E-state index contributed by atoms with van der Waals surface area (Å²) in [5.74, 6) is 0.424. The van der Waals surface area contributed by atoms with Gasteiger partial charge in [0.25, 0.3) is 11.8 Å². The van der Waals surface area contributed by atoms with Crippen molar-refractivity contribution in [3.05, 3.63) is 83.2 Å². The predicted octanol–water partition coefficient (Wildman–Crippen LogP) is 4.76. The van der Waals surface area contributed by atoms with Crippen molar-refractivity contribution in [2.45, 2.75) is 19.8 Å². The molecule has 3 aromatic carbocycles. The summed E-state index contributed by atoms with van der Waals surface area (Å²) in [6.07, 6.45) is 0.973. The molecule has 0 saturated heterocycles. The van der Waals surface area contributed by atoms with Crippen LogP contribution in [0.3, 0.4) is 0 Å². The highest BCUT2D eigenvalue weighted by Gasteiger charge is 2.26. The lowest BCUT2D eigenvalue weighted by atomic mass is 10.1. The third-order valence-corrected chi connectivity index (χ3v) is 6.10. The van der Waals surface area contributed by atoms with Gasteiger partial charge < -0.3 is 19.9 Å². The summed E-state index contributed by atoms with van der Waals surface area (Å²) in [6.45, 7) is 2.28. The molecule has 2 amide bonds. The molecule has 0 unspecified atom stereocenters. The molecule has 0 saturated carbocycles. The molecule has 8 nitrogen and oxygen atoms in total. The Balaban J connectivity index is 1.44. The number of rotatable bonds is 4. The van der Waals surface area contributed by atoms with Crippen LogP contribution in [0.4, 0.5) is 11.4 Å². The van der Waals surface area contributed by atoms with E-state index in [4.69, 9.17) is 4.74 Å². The molecule has 0 fully saturated rings. The van der Waals surface area contributed by atoms with Gasteiger partial charge in [-0.3, -0.25) is 14.4 Å². The highest BCUT2D eigenvalue weighted by Crippen LogP contribution is 2.30. The summed E-state index contributed by atoms with van der Waals surface area (Å²) >= 11 is 0. The van der Waals surface area contributed by atoms with Crippen LogP contribution in [0.1, 0.15) is 49.7 Å². The molecule has 35 heavy (non-hydrogen) atoms. The quantitative estimate of drug-likeness (QED) is 0.450. The van der Waals surface area contributed by atoms with Crippen LogP contribution in [0.2, 0.25) is 0 Å². The summed E-state index contributed by atoms with van der Waals surface area (Å²) in [7, 11) is 1.46. The molecule has 2 heterocycles. The Labute approximate surface area is 201 Å². The number of carbonyl (C=O) groups excluding carboxylic acids is 3. The second kappa shape index (κ2) is 9.06. The van der Waals surface area contributed by atoms with E-state index in [2.05, 4.69) is 15.3 Å². The van der Waals surface area contributed by atoms with Gasteiger partial charge in [-0.1, -0.05) is 18.2 Å². The fraction of sp³-hybridized carbons (Fsp3) is 0.185. The van der Waals surface area contributed by atoms with Crippen LogP contribution in [0.5, 0.6) is 5.75 Å². The second-order valence-corrected chi connectivity index (χ2v) is 8.39. The maximum absolute atomic E-state index is 13.5. The maximum Gasteiger partial charge on any atom is 0.259 e. The number of hydrogen-bond donors (Lipinski definition) is 2. The van der Waals surface area contributed by atoms with Crippen molar-refractivity contribution in [2.24, 2.45) is 0 Å². The van der Waals surface area contributed by atoms with Gasteiger partial charge in [-0.05, 0) is 55.8 Å². The van der Waals surface area contributed by atoms with Gasteiger partial charge in [0.1, 0.15) is 17.1 Å². The number of H-pyrrole nitrogens is 1. The Hall–Kier alpha value is -4.46. The van der Waals surface area contributed by atoms with E-state index in [1.165, 1.54) is 7.11 Å². The largest absolute Gasteiger partial charge is 0.496 e. The van der Waals surface area contributed by atoms with E-state index < -0.39 is 0 Å². The van der Waals surface area contributed by atoms with Crippen molar-refractivity contribution in [3.8, 4) is 5.75 Å². The molecule has 0 aliphatic carbocycles. The first-order chi connectivity index (χ1) is 17.0. The number of benzene rings is 3. The number of ether oxygens (including phenoxy) is 1. The average molecular weight is 469 g/mol. The number of aromatic nitrogens is 2. The number of Topliss-reactive ketones (excluding diaryl/α,β-unsaturated/α-hetero) is 1. The van der Waals surface area contributed by atoms with Gasteiger partial charge >= 0.3 is 0 Å². The first-order valence-corrected chi connectivity index (χ1v) is 11.3. The number of fused-ring (bicyclic) bond motifs is 2. The molecule has 2 N–H and O–H groups in total. The van der Waals surface area contributed by atoms with Gasteiger partial charge in [0.2, 0.25) is 0 Å². The van der Waals surface area contributed by atoms with Crippen LogP contribution in [0.15, 0.2) is 60.7 Å². The number of hydrogen-bond acceptors (Lipinski definition) is 5. The summed E-state index contributed by atoms with van der Waals surface area (Å²) in [5, 5.41) is 2.89. The number of carbonyl (C=O) groups is 3. The topological polar surface area (TPSA) is 104 Å². The number of para-hydroxylation sites is 2. The van der Waals surface area contributed by atoms with E-state index in [0.29, 0.717) is 53.0 Å². The van der Waals surface area contributed by atoms with Gasteiger partial charge in [0.05, 0.1) is 29.6 Å². The number of ketones is 1. The SMILES string of the molecule is COc1cc(C(=O)N2CCCC(=O)c3ccccc32)ccc1C(=O)Nc1cccc2[nH]c(C)nc12. The number of nitrogens with one attached hydrogen (secondary N) is 2. The lowest BCUT2D eigenvalue weighted by Crippen LogP contribution is -2.32. The molecule has 8 heteroatoms. The van der Waals surface area contributed by atoms with Crippen molar-refractivity contribution >= 4 is 40.0 Å². The van der Waals surface area contributed by atoms with Crippen LogP contribution in [-0.2, 0) is 0 Å². The van der Waals surface area contributed by atoms with Crippen LogP contribution < -0.4 is 15.0 Å². The van der Waals surface area contributed by atoms with Crippen molar-refractivity contribution < 1.29 is 19.1 Å². The molecule has 1 aliphatic heterocycles. The third-order valence-electron chi connectivity index (χ3n) is 6.10. The van der Waals surface area contributed by atoms with Gasteiger partial charge in [0, 0.05) is 24.1 Å². The number of aryl methyl sites for hydroxylation is 1. The van der Waals surface area contributed by atoms with E-state index in [1.807, 2.05) is 25.1 Å². The molecular weight excluding hydrogens is 444 g/mol. The normalized spacial score (nSPS) is 13.3. The number of imidazole rings is 1. The molecule has 0 atom stereocenters. The molecule has 176 valence electrons. The zero-order valence-corrected chi connectivity index (χ0v) is 19.4. The molecule has 0 bridgehead atoms. The molecule has 0 radical (unpaired) electrons. The van der Waals surface area contributed by atoms with Crippen molar-refractivity contribution in [2.75, 3.05) is 23.9 Å². The fourth-order valence-corrected chi connectivity index (χ4v) is 4.42. The average Bonchev–Trinajstić information content (AvgIpc) is 3.18. The predicted molar refractivity (Wildman–Crippen MR) is 133 cm³/mol. The van der Waals surface area contributed by atoms with Gasteiger partial charge in [0.15, 0.2) is 5.78 Å². The van der Waals surface area contributed by atoms with Crippen molar-refractivity contribution in [1.29, 1.82) is 0 Å². The lowest BCUT2D eigenvalue weighted by Gasteiger charge is -2.23. The second-order valence-electron chi connectivity index (χ2n) is 8.39. The van der Waals surface area contributed by atoms with E-state index >= 15 is 0 Å². The minimum Gasteiger partial charge on any atom is -0.496 e. The van der Waals surface area contributed by atoms with Gasteiger partial charge in [-0.2, -0.15) is 0 Å². The summed E-state index contributed by atoms with van der Waals surface area (Å²) in [4.78, 5) is 48.2. The Bertz CT molecular complexity index is 1470. The summed E-state index contributed by atoms with van der Waals surface area (Å²) < 4.78 is 5.48.